The van der Waals surface area contributed by atoms with Crippen molar-refractivity contribution in [1.82, 2.24) is 5.32 Å². The summed E-state index contributed by atoms with van der Waals surface area (Å²) in [6.07, 6.45) is 7.18. The van der Waals surface area contributed by atoms with E-state index in [1.165, 1.54) is 0 Å². The monoisotopic (exact) mass is 139 g/mol. The lowest BCUT2D eigenvalue weighted by Crippen LogP contribution is -1.95. The number of hydrogen-bond acceptors (Lipinski definition) is 2. The number of nitrogens with one attached hydrogen (secondary N) is 1. The van der Waals surface area contributed by atoms with E-state index in [4.69, 9.17) is 0 Å². The van der Waals surface area contributed by atoms with E-state index in [1.807, 2.05) is 13.0 Å². The molecule has 0 aliphatic carbocycles. The molecular formula is C8H13NO. The predicted octanol–water partition coefficient (Wildman–Crippen LogP) is 1.25. The zero-order chi connectivity index (χ0) is 7.82. The largest absolute Gasteiger partial charge is 0.393 e. The van der Waals surface area contributed by atoms with Gasteiger partial charge in [-0.1, -0.05) is 19.1 Å². The van der Waals surface area contributed by atoms with E-state index < -0.39 is 0 Å². The van der Waals surface area contributed by atoms with Crippen molar-refractivity contribution in [2.45, 2.75) is 13.3 Å². The lowest BCUT2D eigenvalue weighted by Gasteiger charge is -1.88. The molecule has 1 N–H and O–H groups in total. The van der Waals surface area contributed by atoms with Crippen molar-refractivity contribution in [3.63, 3.8) is 0 Å². The maximum Gasteiger partial charge on any atom is 0.151 e. The number of carbonyl (C=O) groups is 1. The average Bonchev–Trinajstić information content (AvgIpc) is 1.98. The average molecular weight is 139 g/mol. The van der Waals surface area contributed by atoms with E-state index in [2.05, 4.69) is 5.32 Å². The van der Waals surface area contributed by atoms with Gasteiger partial charge in [0.25, 0.3) is 0 Å². The van der Waals surface area contributed by atoms with Gasteiger partial charge in [0.15, 0.2) is 6.29 Å². The molecule has 0 aliphatic rings. The summed E-state index contributed by atoms with van der Waals surface area (Å²) in [5, 5.41) is 2.78. The van der Waals surface area contributed by atoms with Crippen molar-refractivity contribution in [2.75, 3.05) is 7.05 Å². The quantitative estimate of drug-likeness (QED) is 0.361. The van der Waals surface area contributed by atoms with Crippen LogP contribution in [0.2, 0.25) is 0 Å². The van der Waals surface area contributed by atoms with E-state index in [0.29, 0.717) is 5.57 Å². The van der Waals surface area contributed by atoms with Gasteiger partial charge in [0.2, 0.25) is 0 Å². The van der Waals surface area contributed by atoms with Crippen LogP contribution < -0.4 is 5.32 Å². The molecular weight excluding hydrogens is 126 g/mol. The minimum absolute atomic E-state index is 0.671. The molecule has 0 saturated carbocycles. The van der Waals surface area contributed by atoms with Crippen LogP contribution in [0.5, 0.6) is 0 Å². The van der Waals surface area contributed by atoms with E-state index in [9.17, 15) is 4.79 Å². The Hall–Kier alpha value is -1.05. The van der Waals surface area contributed by atoms with Crippen molar-refractivity contribution in [1.29, 1.82) is 0 Å². The van der Waals surface area contributed by atoms with Crippen LogP contribution in [0.3, 0.4) is 0 Å². The second-order valence-corrected chi connectivity index (χ2v) is 1.86. The highest BCUT2D eigenvalue weighted by Crippen LogP contribution is 1.91. The normalized spacial score (nSPS) is 12.0. The van der Waals surface area contributed by atoms with Crippen molar-refractivity contribution in [3.8, 4) is 0 Å². The van der Waals surface area contributed by atoms with Gasteiger partial charge in [-0.3, -0.25) is 4.79 Å². The lowest BCUT2D eigenvalue weighted by molar-refractivity contribution is -0.104. The lowest BCUT2D eigenvalue weighted by atomic mass is 10.3. The maximum atomic E-state index is 10.2. The smallest absolute Gasteiger partial charge is 0.151 e. The predicted molar refractivity (Wildman–Crippen MR) is 42.6 cm³/mol. The van der Waals surface area contributed by atoms with Crippen molar-refractivity contribution >= 4 is 6.29 Å². The fraction of sp³-hybridized carbons (Fsp3) is 0.375. The second kappa shape index (κ2) is 6.08. The molecule has 2 nitrogen and oxygen atoms in total. The Kier molecular flexibility index (Phi) is 5.44. The number of aldehydes is 1. The maximum absolute atomic E-state index is 10.2. The summed E-state index contributed by atoms with van der Waals surface area (Å²) < 4.78 is 0. The van der Waals surface area contributed by atoms with Crippen LogP contribution in [0, 0.1) is 0 Å². The summed E-state index contributed by atoms with van der Waals surface area (Å²) in [7, 11) is 1.77. The molecule has 0 atom stereocenters. The molecule has 0 aromatic carbocycles. The van der Waals surface area contributed by atoms with Crippen LogP contribution >= 0.6 is 0 Å². The third-order valence-electron chi connectivity index (χ3n) is 0.993. The summed E-state index contributed by atoms with van der Waals surface area (Å²) in [6.45, 7) is 2.03. The molecule has 0 aromatic heterocycles. The highest BCUT2D eigenvalue weighted by molar-refractivity contribution is 5.77. The highest BCUT2D eigenvalue weighted by atomic mass is 16.1. The van der Waals surface area contributed by atoms with Gasteiger partial charge in [0, 0.05) is 18.8 Å². The van der Waals surface area contributed by atoms with Crippen LogP contribution in [0.4, 0.5) is 0 Å². The van der Waals surface area contributed by atoms with Gasteiger partial charge in [-0.05, 0) is 6.42 Å². The van der Waals surface area contributed by atoms with E-state index >= 15 is 0 Å². The molecule has 0 fully saturated rings. The minimum atomic E-state index is 0.671. The third-order valence-corrected chi connectivity index (χ3v) is 0.993. The molecule has 0 aromatic rings. The summed E-state index contributed by atoms with van der Waals surface area (Å²) >= 11 is 0. The summed E-state index contributed by atoms with van der Waals surface area (Å²) in [5.74, 6) is 0. The molecule has 0 radical (unpaired) electrons. The second-order valence-electron chi connectivity index (χ2n) is 1.86. The first-order valence-electron chi connectivity index (χ1n) is 3.34. The molecule has 0 saturated heterocycles. The highest BCUT2D eigenvalue weighted by Gasteiger charge is 1.83. The Bertz CT molecular complexity index is 147. The molecule has 0 bridgehead atoms. The molecule has 10 heavy (non-hydrogen) atoms. The molecule has 0 spiro atoms. The zero-order valence-electron chi connectivity index (χ0n) is 6.42. The van der Waals surface area contributed by atoms with Crippen LogP contribution in [0.1, 0.15) is 13.3 Å². The van der Waals surface area contributed by atoms with Crippen LogP contribution in [0.15, 0.2) is 23.9 Å². The Morgan fingerprint density at radius 3 is 2.70 bits per heavy atom. The SMILES string of the molecule is CC/C=C\C(C=O)=C/NC. The van der Waals surface area contributed by atoms with Gasteiger partial charge in [-0.25, -0.2) is 0 Å². The Labute approximate surface area is 61.6 Å². The van der Waals surface area contributed by atoms with Crippen molar-refractivity contribution < 1.29 is 4.79 Å². The van der Waals surface area contributed by atoms with Gasteiger partial charge in [-0.2, -0.15) is 0 Å². The third kappa shape index (κ3) is 3.89. The van der Waals surface area contributed by atoms with Crippen molar-refractivity contribution in [3.05, 3.63) is 23.9 Å². The Morgan fingerprint density at radius 2 is 2.30 bits per heavy atom. The van der Waals surface area contributed by atoms with E-state index in [1.54, 1.807) is 19.3 Å². The first kappa shape index (κ1) is 8.95. The van der Waals surface area contributed by atoms with Gasteiger partial charge in [0.1, 0.15) is 0 Å². The zero-order valence-corrected chi connectivity index (χ0v) is 6.42. The number of hydrogen-bond donors (Lipinski definition) is 1. The Balaban J connectivity index is 3.94. The molecule has 0 amide bonds. The standard InChI is InChI=1S/C8H13NO/c1-3-4-5-8(7-10)6-9-2/h4-7,9H,3H2,1-2H3/b5-4-,8-6+. The van der Waals surface area contributed by atoms with Gasteiger partial charge >= 0.3 is 0 Å². The van der Waals surface area contributed by atoms with Crippen LogP contribution in [-0.2, 0) is 4.79 Å². The molecule has 0 rings (SSSR count). The summed E-state index contributed by atoms with van der Waals surface area (Å²) in [5.41, 5.74) is 0.671. The van der Waals surface area contributed by atoms with Crippen molar-refractivity contribution in [2.24, 2.45) is 0 Å². The molecule has 0 heterocycles. The van der Waals surface area contributed by atoms with Crippen LogP contribution in [-0.4, -0.2) is 13.3 Å². The van der Waals surface area contributed by atoms with Gasteiger partial charge in [0.05, 0.1) is 0 Å². The summed E-state index contributed by atoms with van der Waals surface area (Å²) in [6, 6.07) is 0. The van der Waals surface area contributed by atoms with Crippen LogP contribution in [0.25, 0.3) is 0 Å². The molecule has 56 valence electrons. The van der Waals surface area contributed by atoms with Gasteiger partial charge < -0.3 is 5.32 Å². The molecule has 2 heteroatoms. The fourth-order valence-electron chi connectivity index (χ4n) is 0.542. The summed E-state index contributed by atoms with van der Waals surface area (Å²) in [4.78, 5) is 10.2. The topological polar surface area (TPSA) is 29.1 Å². The molecule has 0 unspecified atom stereocenters. The van der Waals surface area contributed by atoms with Gasteiger partial charge in [-0.15, -0.1) is 0 Å². The molecule has 0 aliphatic heterocycles. The first-order valence-corrected chi connectivity index (χ1v) is 3.34. The number of carbonyl (C=O) groups excluding carboxylic acids is 1. The van der Waals surface area contributed by atoms with E-state index in [-0.39, 0.29) is 0 Å². The minimum Gasteiger partial charge on any atom is -0.393 e. The first-order chi connectivity index (χ1) is 4.85. The number of rotatable bonds is 4. The Morgan fingerprint density at radius 1 is 1.60 bits per heavy atom. The van der Waals surface area contributed by atoms with E-state index in [0.717, 1.165) is 12.7 Å². The number of allylic oxidation sites excluding steroid dienone is 3. The fourth-order valence-corrected chi connectivity index (χ4v) is 0.542.